The van der Waals surface area contributed by atoms with Crippen LogP contribution < -0.4 is 10.1 Å². The number of hydrogen-bond acceptors (Lipinski definition) is 6. The van der Waals surface area contributed by atoms with E-state index in [0.717, 1.165) is 5.75 Å². The summed E-state index contributed by atoms with van der Waals surface area (Å²) in [6, 6.07) is 10.7. The highest BCUT2D eigenvalue weighted by Crippen LogP contribution is 2.15. The summed E-state index contributed by atoms with van der Waals surface area (Å²) in [6.45, 7) is 3.95. The second kappa shape index (κ2) is 7.61. The number of aromatic nitrogens is 4. The Labute approximate surface area is 144 Å². The Morgan fingerprint density at radius 2 is 2.16 bits per heavy atom. The Bertz CT molecular complexity index is 828. The van der Waals surface area contributed by atoms with Crippen LogP contribution in [0, 0.1) is 6.92 Å². The second-order valence-corrected chi connectivity index (χ2v) is 5.49. The Hall–Kier alpha value is -3.16. The van der Waals surface area contributed by atoms with Crippen LogP contribution in [-0.2, 0) is 6.61 Å². The van der Waals surface area contributed by atoms with Gasteiger partial charge >= 0.3 is 0 Å². The number of rotatable bonds is 7. The number of benzene rings is 1. The van der Waals surface area contributed by atoms with E-state index >= 15 is 0 Å². The zero-order valence-corrected chi connectivity index (χ0v) is 14.0. The van der Waals surface area contributed by atoms with E-state index in [9.17, 15) is 4.79 Å². The van der Waals surface area contributed by atoms with Gasteiger partial charge < -0.3 is 14.6 Å². The molecule has 3 rings (SSSR count). The Kier molecular flexibility index (Phi) is 5.08. The third-order valence-corrected chi connectivity index (χ3v) is 3.56. The molecule has 0 saturated carbocycles. The molecule has 8 nitrogen and oxygen atoms in total. The normalized spacial score (nSPS) is 11.9. The van der Waals surface area contributed by atoms with Crippen LogP contribution >= 0.6 is 0 Å². The highest BCUT2D eigenvalue weighted by Gasteiger charge is 2.21. The van der Waals surface area contributed by atoms with Crippen molar-refractivity contribution < 1.29 is 14.1 Å². The molecule has 0 unspecified atom stereocenters. The number of nitrogens with one attached hydrogen (secondary N) is 2. The molecule has 25 heavy (non-hydrogen) atoms. The molecule has 1 atom stereocenters. The minimum Gasteiger partial charge on any atom is -0.487 e. The van der Waals surface area contributed by atoms with Crippen molar-refractivity contribution in [2.45, 2.75) is 32.9 Å². The Morgan fingerprint density at radius 3 is 2.84 bits per heavy atom. The van der Waals surface area contributed by atoms with Gasteiger partial charge in [-0.05, 0) is 31.5 Å². The predicted octanol–water partition coefficient (Wildman–Crippen LogP) is 2.56. The minimum atomic E-state index is -0.352. The van der Waals surface area contributed by atoms with Gasteiger partial charge in [0.05, 0.1) is 5.69 Å². The predicted molar refractivity (Wildman–Crippen MR) is 88.9 cm³/mol. The zero-order chi connectivity index (χ0) is 17.6. The SMILES string of the molecule is CC[C@@H](NC(=O)c1cc(COc2ccccc2)[nH]n1)c1nc(C)no1. The van der Waals surface area contributed by atoms with Gasteiger partial charge in [-0.25, -0.2) is 0 Å². The summed E-state index contributed by atoms with van der Waals surface area (Å²) in [4.78, 5) is 16.5. The number of hydrogen-bond donors (Lipinski definition) is 2. The van der Waals surface area contributed by atoms with Crippen LogP contribution in [-0.4, -0.2) is 26.2 Å². The number of H-pyrrole nitrogens is 1. The van der Waals surface area contributed by atoms with Gasteiger partial charge in [-0.3, -0.25) is 9.89 Å². The molecule has 0 spiro atoms. The van der Waals surface area contributed by atoms with Gasteiger partial charge in [0.2, 0.25) is 5.89 Å². The van der Waals surface area contributed by atoms with Crippen LogP contribution in [0.4, 0.5) is 0 Å². The third kappa shape index (κ3) is 4.23. The topological polar surface area (TPSA) is 106 Å². The molecule has 0 bridgehead atoms. The van der Waals surface area contributed by atoms with E-state index in [1.807, 2.05) is 37.3 Å². The van der Waals surface area contributed by atoms with Crippen molar-refractivity contribution in [3.05, 3.63) is 59.5 Å². The number of para-hydroxylation sites is 1. The molecular formula is C17H19N5O3. The molecule has 1 amide bonds. The van der Waals surface area contributed by atoms with Gasteiger partial charge in [-0.2, -0.15) is 10.1 Å². The lowest BCUT2D eigenvalue weighted by molar-refractivity contribution is 0.0922. The first kappa shape index (κ1) is 16.7. The maximum atomic E-state index is 12.4. The molecule has 1 aromatic carbocycles. The van der Waals surface area contributed by atoms with Gasteiger partial charge in [-0.15, -0.1) is 0 Å². The molecule has 8 heteroatoms. The molecule has 2 aromatic heterocycles. The first-order valence-corrected chi connectivity index (χ1v) is 7.99. The molecular weight excluding hydrogens is 322 g/mol. The smallest absolute Gasteiger partial charge is 0.272 e. The van der Waals surface area contributed by atoms with E-state index in [1.54, 1.807) is 13.0 Å². The van der Waals surface area contributed by atoms with Crippen LogP contribution in [0.25, 0.3) is 0 Å². The minimum absolute atomic E-state index is 0.279. The molecule has 130 valence electrons. The fourth-order valence-corrected chi connectivity index (χ4v) is 2.25. The first-order chi connectivity index (χ1) is 12.2. The number of carbonyl (C=O) groups excluding carboxylic acids is 1. The summed E-state index contributed by atoms with van der Waals surface area (Å²) in [5.74, 6) is 1.35. The summed E-state index contributed by atoms with van der Waals surface area (Å²) in [7, 11) is 0. The molecule has 0 aliphatic carbocycles. The lowest BCUT2D eigenvalue weighted by Crippen LogP contribution is -2.28. The fourth-order valence-electron chi connectivity index (χ4n) is 2.25. The second-order valence-electron chi connectivity index (χ2n) is 5.49. The number of ether oxygens (including phenoxy) is 1. The van der Waals surface area contributed by atoms with E-state index in [1.165, 1.54) is 0 Å². The third-order valence-electron chi connectivity index (χ3n) is 3.56. The molecule has 0 fully saturated rings. The number of carbonyl (C=O) groups is 1. The van der Waals surface area contributed by atoms with E-state index in [2.05, 4.69) is 25.7 Å². The van der Waals surface area contributed by atoms with Gasteiger partial charge in [-0.1, -0.05) is 30.3 Å². The highest BCUT2D eigenvalue weighted by molar-refractivity contribution is 5.92. The Morgan fingerprint density at radius 1 is 1.36 bits per heavy atom. The standard InChI is InChI=1S/C17H19N5O3/c1-3-14(17-18-11(2)22-25-17)19-16(23)15-9-12(20-21-15)10-24-13-7-5-4-6-8-13/h4-9,14H,3,10H2,1-2H3,(H,19,23)(H,20,21)/t14-/m1/s1. The van der Waals surface area contributed by atoms with E-state index in [0.29, 0.717) is 30.4 Å². The van der Waals surface area contributed by atoms with Crippen molar-refractivity contribution in [1.29, 1.82) is 0 Å². The van der Waals surface area contributed by atoms with Crippen molar-refractivity contribution in [2.75, 3.05) is 0 Å². The summed E-state index contributed by atoms with van der Waals surface area (Å²) in [5.41, 5.74) is 0.983. The monoisotopic (exact) mass is 341 g/mol. The van der Waals surface area contributed by atoms with Crippen LogP contribution in [0.15, 0.2) is 40.9 Å². The summed E-state index contributed by atoms with van der Waals surface area (Å²) < 4.78 is 10.7. The van der Waals surface area contributed by atoms with Gasteiger partial charge in [0.15, 0.2) is 5.82 Å². The summed E-state index contributed by atoms with van der Waals surface area (Å²) >= 11 is 0. The number of aromatic amines is 1. The van der Waals surface area contributed by atoms with Crippen molar-refractivity contribution in [3.63, 3.8) is 0 Å². The number of aryl methyl sites for hydroxylation is 1. The lowest BCUT2D eigenvalue weighted by atomic mass is 10.2. The van der Waals surface area contributed by atoms with E-state index in [-0.39, 0.29) is 17.6 Å². The molecule has 0 aliphatic rings. The lowest BCUT2D eigenvalue weighted by Gasteiger charge is -2.11. The van der Waals surface area contributed by atoms with Crippen molar-refractivity contribution in [2.24, 2.45) is 0 Å². The number of amides is 1. The first-order valence-electron chi connectivity index (χ1n) is 7.99. The average Bonchev–Trinajstić information content (AvgIpc) is 3.28. The van der Waals surface area contributed by atoms with E-state index < -0.39 is 0 Å². The number of nitrogens with zero attached hydrogens (tertiary/aromatic N) is 3. The molecule has 3 aromatic rings. The van der Waals surface area contributed by atoms with Gasteiger partial charge in [0, 0.05) is 0 Å². The van der Waals surface area contributed by atoms with Crippen LogP contribution in [0.2, 0.25) is 0 Å². The summed E-state index contributed by atoms with van der Waals surface area (Å²) in [5, 5.41) is 13.4. The summed E-state index contributed by atoms with van der Waals surface area (Å²) in [6.07, 6.45) is 0.627. The average molecular weight is 341 g/mol. The molecule has 2 heterocycles. The van der Waals surface area contributed by atoms with Crippen LogP contribution in [0.3, 0.4) is 0 Å². The molecule has 2 N–H and O–H groups in total. The van der Waals surface area contributed by atoms with Gasteiger partial charge in [0.1, 0.15) is 24.1 Å². The molecule has 0 saturated heterocycles. The zero-order valence-electron chi connectivity index (χ0n) is 14.0. The van der Waals surface area contributed by atoms with Crippen LogP contribution in [0.1, 0.15) is 47.3 Å². The van der Waals surface area contributed by atoms with Crippen molar-refractivity contribution >= 4 is 5.91 Å². The van der Waals surface area contributed by atoms with Crippen LogP contribution in [0.5, 0.6) is 5.75 Å². The molecule has 0 radical (unpaired) electrons. The maximum absolute atomic E-state index is 12.4. The highest BCUT2D eigenvalue weighted by atomic mass is 16.5. The van der Waals surface area contributed by atoms with Gasteiger partial charge in [0.25, 0.3) is 5.91 Å². The maximum Gasteiger partial charge on any atom is 0.272 e. The fraction of sp³-hybridized carbons (Fsp3) is 0.294. The quantitative estimate of drug-likeness (QED) is 0.684. The Balaban J connectivity index is 1.60. The van der Waals surface area contributed by atoms with E-state index in [4.69, 9.17) is 9.26 Å². The molecule has 0 aliphatic heterocycles. The van der Waals surface area contributed by atoms with Crippen molar-refractivity contribution in [1.82, 2.24) is 25.7 Å². The van der Waals surface area contributed by atoms with Crippen molar-refractivity contribution in [3.8, 4) is 5.75 Å². The largest absolute Gasteiger partial charge is 0.487 e.